The molecule has 0 bridgehead atoms. The highest BCUT2D eigenvalue weighted by atomic mass is 35.5. The van der Waals surface area contributed by atoms with Gasteiger partial charge in [0.05, 0.1) is 5.02 Å². The average molecular weight is 356 g/mol. The zero-order chi connectivity index (χ0) is 16.9. The van der Waals surface area contributed by atoms with Crippen LogP contribution in [-0.2, 0) is 12.3 Å². The molecule has 1 aromatic heterocycles. The van der Waals surface area contributed by atoms with E-state index in [1.165, 1.54) is 11.1 Å². The zero-order valence-corrected chi connectivity index (χ0v) is 15.0. The third-order valence-corrected chi connectivity index (χ3v) is 5.00. The lowest BCUT2D eigenvalue weighted by Crippen LogP contribution is -2.01. The van der Waals surface area contributed by atoms with Crippen molar-refractivity contribution in [2.75, 3.05) is 0 Å². The van der Waals surface area contributed by atoms with Gasteiger partial charge in [-0.1, -0.05) is 71.4 Å². The van der Waals surface area contributed by atoms with Crippen LogP contribution in [-0.4, -0.2) is 14.8 Å². The number of nitrogens with zero attached hydrogens (tertiary/aromatic N) is 3. The van der Waals surface area contributed by atoms with E-state index < -0.39 is 0 Å². The van der Waals surface area contributed by atoms with E-state index in [1.807, 2.05) is 34.9 Å². The van der Waals surface area contributed by atoms with Crippen LogP contribution in [0.3, 0.4) is 0 Å². The van der Waals surface area contributed by atoms with Gasteiger partial charge in [0.2, 0.25) is 0 Å². The SMILES string of the molecule is C=CCn1c(SCc2ccc(C)cc2)nnc1-c1ccccc1Cl. The zero-order valence-electron chi connectivity index (χ0n) is 13.4. The van der Waals surface area contributed by atoms with Crippen molar-refractivity contribution in [3.63, 3.8) is 0 Å². The molecular weight excluding hydrogens is 338 g/mol. The molecule has 3 nitrogen and oxygen atoms in total. The van der Waals surface area contributed by atoms with Crippen molar-refractivity contribution >= 4 is 23.4 Å². The van der Waals surface area contributed by atoms with Crippen LogP contribution in [0.4, 0.5) is 0 Å². The van der Waals surface area contributed by atoms with Gasteiger partial charge in [-0.15, -0.1) is 16.8 Å². The highest BCUT2D eigenvalue weighted by Crippen LogP contribution is 2.30. The second-order valence-corrected chi connectivity index (χ2v) is 6.81. The Morgan fingerprint density at radius 3 is 2.58 bits per heavy atom. The third-order valence-electron chi connectivity index (χ3n) is 3.63. The van der Waals surface area contributed by atoms with E-state index in [-0.39, 0.29) is 0 Å². The molecule has 0 aliphatic rings. The van der Waals surface area contributed by atoms with Gasteiger partial charge in [0.15, 0.2) is 11.0 Å². The summed E-state index contributed by atoms with van der Waals surface area (Å²) in [6.07, 6.45) is 1.85. The van der Waals surface area contributed by atoms with Crippen LogP contribution >= 0.6 is 23.4 Å². The predicted molar refractivity (Wildman–Crippen MR) is 101 cm³/mol. The molecule has 0 amide bonds. The van der Waals surface area contributed by atoms with Crippen LogP contribution in [0.25, 0.3) is 11.4 Å². The second-order valence-electron chi connectivity index (χ2n) is 5.46. The molecule has 0 atom stereocenters. The summed E-state index contributed by atoms with van der Waals surface area (Å²) in [4.78, 5) is 0. The largest absolute Gasteiger partial charge is 0.298 e. The first-order chi connectivity index (χ1) is 11.7. The van der Waals surface area contributed by atoms with Crippen molar-refractivity contribution in [1.29, 1.82) is 0 Å². The quantitative estimate of drug-likeness (QED) is 0.439. The minimum Gasteiger partial charge on any atom is -0.298 e. The number of hydrogen-bond acceptors (Lipinski definition) is 3. The maximum atomic E-state index is 6.31. The van der Waals surface area contributed by atoms with Crippen molar-refractivity contribution < 1.29 is 0 Å². The van der Waals surface area contributed by atoms with Crippen LogP contribution in [0.5, 0.6) is 0 Å². The van der Waals surface area contributed by atoms with Gasteiger partial charge in [-0.3, -0.25) is 4.57 Å². The Balaban J connectivity index is 1.87. The number of allylic oxidation sites excluding steroid dienone is 1. The topological polar surface area (TPSA) is 30.7 Å². The van der Waals surface area contributed by atoms with Gasteiger partial charge < -0.3 is 0 Å². The van der Waals surface area contributed by atoms with Gasteiger partial charge >= 0.3 is 0 Å². The number of thioether (sulfide) groups is 1. The highest BCUT2D eigenvalue weighted by Gasteiger charge is 2.15. The maximum Gasteiger partial charge on any atom is 0.192 e. The summed E-state index contributed by atoms with van der Waals surface area (Å²) in [7, 11) is 0. The Morgan fingerprint density at radius 1 is 1.12 bits per heavy atom. The maximum absolute atomic E-state index is 6.31. The molecule has 0 aliphatic heterocycles. The van der Waals surface area contributed by atoms with Crippen molar-refractivity contribution in [1.82, 2.24) is 14.8 Å². The summed E-state index contributed by atoms with van der Waals surface area (Å²) >= 11 is 7.98. The van der Waals surface area contributed by atoms with E-state index in [0.717, 1.165) is 22.3 Å². The van der Waals surface area contributed by atoms with E-state index in [9.17, 15) is 0 Å². The number of aromatic nitrogens is 3. The molecule has 0 saturated carbocycles. The second kappa shape index (κ2) is 7.69. The first kappa shape index (κ1) is 16.8. The lowest BCUT2D eigenvalue weighted by Gasteiger charge is -2.09. The molecule has 0 aliphatic carbocycles. The fourth-order valence-electron chi connectivity index (χ4n) is 2.36. The minimum atomic E-state index is 0.643. The van der Waals surface area contributed by atoms with Crippen LogP contribution in [0.1, 0.15) is 11.1 Å². The first-order valence-electron chi connectivity index (χ1n) is 7.66. The Labute approximate surface area is 151 Å². The van der Waals surface area contributed by atoms with Crippen LogP contribution in [0.15, 0.2) is 66.3 Å². The molecule has 3 rings (SSSR count). The fourth-order valence-corrected chi connectivity index (χ4v) is 3.49. The molecule has 0 unspecified atom stereocenters. The molecule has 0 saturated heterocycles. The lowest BCUT2D eigenvalue weighted by atomic mass is 10.2. The van der Waals surface area contributed by atoms with Gasteiger partial charge in [0, 0.05) is 17.9 Å². The molecule has 0 N–H and O–H groups in total. The Morgan fingerprint density at radius 2 is 1.88 bits per heavy atom. The molecule has 1 heterocycles. The van der Waals surface area contributed by atoms with Crippen LogP contribution in [0.2, 0.25) is 5.02 Å². The Bertz CT molecular complexity index is 840. The monoisotopic (exact) mass is 355 g/mol. The molecule has 0 spiro atoms. The molecule has 0 radical (unpaired) electrons. The molecule has 0 fully saturated rings. The molecule has 2 aromatic carbocycles. The van der Waals surface area contributed by atoms with Crippen LogP contribution < -0.4 is 0 Å². The van der Waals surface area contributed by atoms with Gasteiger partial charge in [0.1, 0.15) is 0 Å². The Hall–Kier alpha value is -2.04. The summed E-state index contributed by atoms with van der Waals surface area (Å²) in [6.45, 7) is 6.58. The number of hydrogen-bond donors (Lipinski definition) is 0. The number of rotatable bonds is 6. The average Bonchev–Trinajstić information content (AvgIpc) is 2.98. The number of aryl methyl sites for hydroxylation is 1. The fraction of sp³-hybridized carbons (Fsp3) is 0.158. The summed E-state index contributed by atoms with van der Waals surface area (Å²) in [5.41, 5.74) is 3.41. The molecule has 5 heteroatoms. The van der Waals surface area contributed by atoms with Gasteiger partial charge in [0.25, 0.3) is 0 Å². The molecule has 24 heavy (non-hydrogen) atoms. The van der Waals surface area contributed by atoms with E-state index in [2.05, 4.69) is 48.0 Å². The molecule has 3 aromatic rings. The third kappa shape index (κ3) is 3.71. The smallest absolute Gasteiger partial charge is 0.192 e. The Kier molecular flexibility index (Phi) is 5.38. The van der Waals surface area contributed by atoms with Crippen LogP contribution in [0, 0.1) is 6.92 Å². The van der Waals surface area contributed by atoms with E-state index in [4.69, 9.17) is 11.6 Å². The summed E-state index contributed by atoms with van der Waals surface area (Å²) < 4.78 is 2.05. The standard InChI is InChI=1S/C19H18ClN3S/c1-3-12-23-18(16-6-4-5-7-17(16)20)21-22-19(23)24-13-15-10-8-14(2)9-11-15/h3-11H,1,12-13H2,2H3. The first-order valence-corrected chi connectivity index (χ1v) is 9.02. The summed E-state index contributed by atoms with van der Waals surface area (Å²) in [6, 6.07) is 16.2. The van der Waals surface area contributed by atoms with Crippen molar-refractivity contribution in [2.45, 2.75) is 24.4 Å². The normalized spacial score (nSPS) is 10.8. The van der Waals surface area contributed by atoms with Gasteiger partial charge in [-0.2, -0.15) is 0 Å². The van der Waals surface area contributed by atoms with Crippen molar-refractivity contribution in [3.8, 4) is 11.4 Å². The summed E-state index contributed by atoms with van der Waals surface area (Å²) in [5, 5.41) is 10.2. The molecular formula is C19H18ClN3S. The lowest BCUT2D eigenvalue weighted by molar-refractivity contribution is 0.731. The van der Waals surface area contributed by atoms with Crippen molar-refractivity contribution in [3.05, 3.63) is 77.3 Å². The van der Waals surface area contributed by atoms with Gasteiger partial charge in [-0.05, 0) is 24.6 Å². The van der Waals surface area contributed by atoms with E-state index in [1.54, 1.807) is 11.8 Å². The number of halogens is 1. The summed E-state index contributed by atoms with van der Waals surface area (Å²) in [5.74, 6) is 1.62. The van der Waals surface area contributed by atoms with E-state index >= 15 is 0 Å². The minimum absolute atomic E-state index is 0.643. The van der Waals surface area contributed by atoms with Gasteiger partial charge in [-0.25, -0.2) is 0 Å². The van der Waals surface area contributed by atoms with E-state index in [0.29, 0.717) is 11.6 Å². The van der Waals surface area contributed by atoms with Crippen molar-refractivity contribution in [2.24, 2.45) is 0 Å². The molecule has 122 valence electrons. The number of benzene rings is 2. The predicted octanol–water partition coefficient (Wildman–Crippen LogP) is 5.39. The highest BCUT2D eigenvalue weighted by molar-refractivity contribution is 7.98.